The maximum absolute atomic E-state index is 12.4. The lowest BCUT2D eigenvalue weighted by molar-refractivity contribution is -0.114. The van der Waals surface area contributed by atoms with Crippen LogP contribution in [0.3, 0.4) is 0 Å². The van der Waals surface area contributed by atoms with E-state index in [2.05, 4.69) is 9.80 Å². The van der Waals surface area contributed by atoms with Gasteiger partial charge in [0.25, 0.3) is 5.78 Å². The molecule has 2 aromatic carbocycles. The Hall–Kier alpha value is -2.90. The fourth-order valence-electron chi connectivity index (χ4n) is 3.87. The zero-order valence-corrected chi connectivity index (χ0v) is 17.5. The Labute approximate surface area is 176 Å². The molecular weight excluding hydrogens is 382 g/mol. The van der Waals surface area contributed by atoms with Crippen LogP contribution in [0.25, 0.3) is 0 Å². The number of ether oxygens (including phenoxy) is 2. The standard InChI is InChI=1S/C23H27N3O4/c1-17-3-8-21-20(15-17)22(27)23(28)26(21)16-25-11-9-24(10-12-25)13-14-30-19-6-4-18(29-2)5-7-19/h3-8,15H,9-14,16H2,1-2H3. The summed E-state index contributed by atoms with van der Waals surface area (Å²) < 4.78 is 11.0. The molecule has 2 aliphatic rings. The fraction of sp³-hybridized carbons (Fsp3) is 0.391. The SMILES string of the molecule is COc1ccc(OCCN2CCN(CN3C(=O)C(=O)c4cc(C)ccc43)CC2)cc1. The van der Waals surface area contributed by atoms with Crippen LogP contribution >= 0.6 is 0 Å². The summed E-state index contributed by atoms with van der Waals surface area (Å²) in [4.78, 5) is 30.9. The monoisotopic (exact) mass is 409 g/mol. The zero-order chi connectivity index (χ0) is 21.1. The van der Waals surface area contributed by atoms with E-state index in [0.717, 1.165) is 55.5 Å². The van der Waals surface area contributed by atoms with Gasteiger partial charge in [0, 0.05) is 32.7 Å². The van der Waals surface area contributed by atoms with Crippen LogP contribution in [0.15, 0.2) is 42.5 Å². The summed E-state index contributed by atoms with van der Waals surface area (Å²) in [5.41, 5.74) is 2.24. The van der Waals surface area contributed by atoms with Gasteiger partial charge in [-0.2, -0.15) is 0 Å². The molecule has 7 heteroatoms. The number of hydrogen-bond acceptors (Lipinski definition) is 6. The molecule has 0 atom stereocenters. The lowest BCUT2D eigenvalue weighted by Crippen LogP contribution is -2.51. The van der Waals surface area contributed by atoms with E-state index < -0.39 is 11.7 Å². The van der Waals surface area contributed by atoms with Crippen molar-refractivity contribution in [2.75, 3.05) is 58.0 Å². The number of amides is 1. The highest BCUT2D eigenvalue weighted by Gasteiger charge is 2.36. The number of piperazine rings is 1. The lowest BCUT2D eigenvalue weighted by Gasteiger charge is -2.36. The molecule has 1 fully saturated rings. The van der Waals surface area contributed by atoms with Gasteiger partial charge in [-0.05, 0) is 43.3 Å². The number of fused-ring (bicyclic) bond motifs is 1. The predicted octanol–water partition coefficient (Wildman–Crippen LogP) is 2.19. The molecule has 2 aromatic rings. The van der Waals surface area contributed by atoms with Gasteiger partial charge in [0.2, 0.25) is 0 Å². The number of aryl methyl sites for hydroxylation is 1. The van der Waals surface area contributed by atoms with E-state index in [4.69, 9.17) is 9.47 Å². The normalized spacial score (nSPS) is 17.3. The minimum atomic E-state index is -0.425. The molecule has 0 unspecified atom stereocenters. The summed E-state index contributed by atoms with van der Waals surface area (Å²) in [7, 11) is 1.65. The third-order valence-corrected chi connectivity index (χ3v) is 5.67. The number of nitrogens with zero attached hydrogens (tertiary/aromatic N) is 3. The molecule has 158 valence electrons. The van der Waals surface area contributed by atoms with E-state index in [0.29, 0.717) is 18.8 Å². The molecule has 30 heavy (non-hydrogen) atoms. The number of carbonyl (C=O) groups excluding carboxylic acids is 2. The van der Waals surface area contributed by atoms with Gasteiger partial charge in [0.05, 0.1) is 25.0 Å². The lowest BCUT2D eigenvalue weighted by atomic mass is 10.1. The van der Waals surface area contributed by atoms with Crippen molar-refractivity contribution in [3.05, 3.63) is 53.6 Å². The first-order valence-corrected chi connectivity index (χ1v) is 10.2. The number of rotatable bonds is 7. The molecule has 7 nitrogen and oxygen atoms in total. The number of carbonyl (C=O) groups is 2. The van der Waals surface area contributed by atoms with Crippen molar-refractivity contribution in [2.45, 2.75) is 6.92 Å². The zero-order valence-electron chi connectivity index (χ0n) is 17.5. The molecule has 1 amide bonds. The van der Waals surface area contributed by atoms with Gasteiger partial charge < -0.3 is 9.47 Å². The molecular formula is C23H27N3O4. The van der Waals surface area contributed by atoms with E-state index in [1.807, 2.05) is 43.3 Å². The summed E-state index contributed by atoms with van der Waals surface area (Å²) in [6.45, 7) is 7.37. The number of Topliss-reactive ketones (excluding diaryl/α,β-unsaturated/α-hetero) is 1. The molecule has 0 saturated carbocycles. The number of ketones is 1. The fourth-order valence-corrected chi connectivity index (χ4v) is 3.87. The van der Waals surface area contributed by atoms with Crippen LogP contribution in [0.1, 0.15) is 15.9 Å². The highest BCUT2D eigenvalue weighted by Crippen LogP contribution is 2.30. The molecule has 0 aliphatic carbocycles. The Morgan fingerprint density at radius 3 is 2.27 bits per heavy atom. The van der Waals surface area contributed by atoms with Crippen LogP contribution < -0.4 is 14.4 Å². The number of benzene rings is 2. The molecule has 0 bridgehead atoms. The van der Waals surface area contributed by atoms with Crippen LogP contribution in [0.4, 0.5) is 5.69 Å². The average Bonchev–Trinajstić information content (AvgIpc) is 3.00. The van der Waals surface area contributed by atoms with E-state index in [-0.39, 0.29) is 0 Å². The Balaban J connectivity index is 1.24. The quantitative estimate of drug-likeness (QED) is 0.654. The first-order valence-electron chi connectivity index (χ1n) is 10.2. The van der Waals surface area contributed by atoms with Crippen LogP contribution in [0.2, 0.25) is 0 Å². The summed E-state index contributed by atoms with van der Waals surface area (Å²) in [6, 6.07) is 13.2. The highest BCUT2D eigenvalue weighted by molar-refractivity contribution is 6.52. The second-order valence-corrected chi connectivity index (χ2v) is 7.71. The van der Waals surface area contributed by atoms with Gasteiger partial charge in [0.15, 0.2) is 0 Å². The van der Waals surface area contributed by atoms with Crippen LogP contribution in [0.5, 0.6) is 11.5 Å². The van der Waals surface area contributed by atoms with Gasteiger partial charge in [-0.3, -0.25) is 24.3 Å². The largest absolute Gasteiger partial charge is 0.497 e. The van der Waals surface area contributed by atoms with Gasteiger partial charge in [0.1, 0.15) is 18.1 Å². The third kappa shape index (κ3) is 4.32. The highest BCUT2D eigenvalue weighted by atomic mass is 16.5. The topological polar surface area (TPSA) is 62.3 Å². The van der Waals surface area contributed by atoms with Crippen molar-refractivity contribution in [1.82, 2.24) is 9.80 Å². The Bertz CT molecular complexity index is 921. The summed E-state index contributed by atoms with van der Waals surface area (Å²) >= 11 is 0. The van der Waals surface area contributed by atoms with Crippen molar-refractivity contribution in [3.63, 3.8) is 0 Å². The van der Waals surface area contributed by atoms with E-state index in [9.17, 15) is 9.59 Å². The minimum absolute atomic E-state index is 0.400. The molecule has 4 rings (SSSR count). The summed E-state index contributed by atoms with van der Waals surface area (Å²) in [6.07, 6.45) is 0. The predicted molar refractivity (Wildman–Crippen MR) is 114 cm³/mol. The first-order chi connectivity index (χ1) is 14.5. The molecule has 1 saturated heterocycles. The van der Waals surface area contributed by atoms with Crippen molar-refractivity contribution in [3.8, 4) is 11.5 Å². The molecule has 0 radical (unpaired) electrons. The molecule has 2 aliphatic heterocycles. The van der Waals surface area contributed by atoms with Gasteiger partial charge in [-0.25, -0.2) is 0 Å². The average molecular weight is 409 g/mol. The van der Waals surface area contributed by atoms with Gasteiger partial charge >= 0.3 is 5.91 Å². The molecule has 0 spiro atoms. The third-order valence-electron chi connectivity index (χ3n) is 5.67. The summed E-state index contributed by atoms with van der Waals surface area (Å²) in [5.74, 6) is 0.823. The van der Waals surface area contributed by atoms with E-state index in [1.165, 1.54) is 0 Å². The van der Waals surface area contributed by atoms with Crippen molar-refractivity contribution < 1.29 is 19.1 Å². The first kappa shape index (κ1) is 20.4. The van der Waals surface area contributed by atoms with Gasteiger partial charge in [-0.15, -0.1) is 0 Å². The smallest absolute Gasteiger partial charge is 0.300 e. The summed E-state index contributed by atoms with van der Waals surface area (Å²) in [5, 5.41) is 0. The number of methoxy groups -OCH3 is 1. The molecule has 2 heterocycles. The minimum Gasteiger partial charge on any atom is -0.497 e. The Kier molecular flexibility index (Phi) is 6.01. The second-order valence-electron chi connectivity index (χ2n) is 7.71. The molecule has 0 aromatic heterocycles. The number of anilines is 1. The van der Waals surface area contributed by atoms with Gasteiger partial charge in [-0.1, -0.05) is 11.6 Å². The van der Waals surface area contributed by atoms with E-state index in [1.54, 1.807) is 18.1 Å². The van der Waals surface area contributed by atoms with Crippen LogP contribution in [-0.2, 0) is 4.79 Å². The number of hydrogen-bond donors (Lipinski definition) is 0. The Morgan fingerprint density at radius 2 is 1.57 bits per heavy atom. The maximum Gasteiger partial charge on any atom is 0.300 e. The van der Waals surface area contributed by atoms with Crippen molar-refractivity contribution in [1.29, 1.82) is 0 Å². The maximum atomic E-state index is 12.4. The van der Waals surface area contributed by atoms with E-state index >= 15 is 0 Å². The Morgan fingerprint density at radius 1 is 0.900 bits per heavy atom. The van der Waals surface area contributed by atoms with Crippen LogP contribution in [0, 0.1) is 6.92 Å². The van der Waals surface area contributed by atoms with Crippen molar-refractivity contribution >= 4 is 17.4 Å². The molecule has 0 N–H and O–H groups in total. The van der Waals surface area contributed by atoms with Crippen molar-refractivity contribution in [2.24, 2.45) is 0 Å². The second kappa shape index (κ2) is 8.85. The van der Waals surface area contributed by atoms with Crippen LogP contribution in [-0.4, -0.2) is 74.6 Å².